The second-order valence-electron chi connectivity index (χ2n) is 2.93. The van der Waals surface area contributed by atoms with E-state index in [1.165, 1.54) is 7.11 Å². The molecule has 6 heteroatoms. The summed E-state index contributed by atoms with van der Waals surface area (Å²) in [5, 5.41) is 28.1. The molecule has 1 aliphatic rings. The first-order chi connectivity index (χ1) is 6.11. The van der Waals surface area contributed by atoms with Crippen LogP contribution in [0.2, 0.25) is 0 Å². The quantitative estimate of drug-likeness (QED) is 0.412. The fourth-order valence-electron chi connectivity index (χ4n) is 1.26. The molecule has 3 N–H and O–H groups in total. The van der Waals surface area contributed by atoms with Crippen LogP contribution in [0.25, 0.3) is 0 Å². The molecule has 0 aliphatic carbocycles. The summed E-state index contributed by atoms with van der Waals surface area (Å²) < 4.78 is 9.90. The Morgan fingerprint density at radius 1 is 1.23 bits per heavy atom. The number of hydrogen-bond donors (Lipinski definition) is 4. The molecule has 0 amide bonds. The van der Waals surface area contributed by atoms with Crippen LogP contribution in [0, 0.1) is 0 Å². The minimum atomic E-state index is -1.25. The van der Waals surface area contributed by atoms with Gasteiger partial charge >= 0.3 is 0 Å². The Kier molecular flexibility index (Phi) is 3.96. The van der Waals surface area contributed by atoms with Gasteiger partial charge < -0.3 is 24.8 Å². The molecule has 78 valence electrons. The number of aliphatic hydroxyl groups excluding tert-OH is 3. The third-order valence-electron chi connectivity index (χ3n) is 2.08. The van der Waals surface area contributed by atoms with Gasteiger partial charge in [-0.3, -0.25) is 0 Å². The lowest BCUT2D eigenvalue weighted by atomic mass is 10.00. The number of hydrogen-bond acceptors (Lipinski definition) is 6. The maximum atomic E-state index is 9.38. The zero-order valence-electron chi connectivity index (χ0n) is 7.20. The zero-order chi connectivity index (χ0) is 10.0. The van der Waals surface area contributed by atoms with E-state index in [0.29, 0.717) is 0 Å². The second kappa shape index (κ2) is 4.59. The Bertz CT molecular complexity index is 147. The molecule has 2 unspecified atom stereocenters. The van der Waals surface area contributed by atoms with Gasteiger partial charge in [-0.2, -0.15) is 12.6 Å². The van der Waals surface area contributed by atoms with E-state index in [4.69, 9.17) is 9.47 Å². The van der Waals surface area contributed by atoms with Crippen molar-refractivity contribution in [1.82, 2.24) is 0 Å². The first-order valence-electron chi connectivity index (χ1n) is 3.95. The lowest BCUT2D eigenvalue weighted by Gasteiger charge is -2.39. The summed E-state index contributed by atoms with van der Waals surface area (Å²) in [6.45, 7) is 0. The Hall–Kier alpha value is 0.150. The van der Waals surface area contributed by atoms with Gasteiger partial charge in [-0.1, -0.05) is 0 Å². The Balaban J connectivity index is 2.66. The van der Waals surface area contributed by atoms with Crippen molar-refractivity contribution in [3.05, 3.63) is 0 Å². The number of thiol groups is 1. The number of methoxy groups -OCH3 is 1. The van der Waals surface area contributed by atoms with E-state index in [-0.39, 0.29) is 5.75 Å². The molecule has 5 atom stereocenters. The molecule has 1 aliphatic heterocycles. The van der Waals surface area contributed by atoms with Gasteiger partial charge in [0.15, 0.2) is 6.29 Å². The fourth-order valence-corrected chi connectivity index (χ4v) is 1.56. The zero-order valence-corrected chi connectivity index (χ0v) is 8.09. The lowest BCUT2D eigenvalue weighted by Crippen LogP contribution is -2.58. The van der Waals surface area contributed by atoms with Crippen LogP contribution >= 0.6 is 12.6 Å². The van der Waals surface area contributed by atoms with Crippen LogP contribution < -0.4 is 0 Å². The number of rotatable bonds is 2. The van der Waals surface area contributed by atoms with E-state index in [9.17, 15) is 15.3 Å². The first-order valence-corrected chi connectivity index (χ1v) is 4.58. The smallest absolute Gasteiger partial charge is 0.186 e. The molecule has 0 aromatic rings. The average molecular weight is 210 g/mol. The molecule has 1 rings (SSSR count). The van der Waals surface area contributed by atoms with Gasteiger partial charge in [0.25, 0.3) is 0 Å². The third kappa shape index (κ3) is 2.15. The summed E-state index contributed by atoms with van der Waals surface area (Å²) in [5.41, 5.74) is 0. The molecule has 0 radical (unpaired) electrons. The van der Waals surface area contributed by atoms with Crippen molar-refractivity contribution in [2.75, 3.05) is 12.9 Å². The highest BCUT2D eigenvalue weighted by atomic mass is 32.1. The van der Waals surface area contributed by atoms with Crippen molar-refractivity contribution < 1.29 is 24.8 Å². The summed E-state index contributed by atoms with van der Waals surface area (Å²) in [5.74, 6) is 0.255. The van der Waals surface area contributed by atoms with Crippen LogP contribution in [0.3, 0.4) is 0 Å². The minimum Gasteiger partial charge on any atom is -0.388 e. The van der Waals surface area contributed by atoms with Crippen molar-refractivity contribution in [3.8, 4) is 0 Å². The Labute approximate surface area is 81.7 Å². The minimum absolute atomic E-state index is 0.255. The fraction of sp³-hybridized carbons (Fsp3) is 1.00. The molecule has 0 aromatic carbocycles. The number of aliphatic hydroxyl groups is 3. The molecule has 13 heavy (non-hydrogen) atoms. The van der Waals surface area contributed by atoms with Gasteiger partial charge in [-0.25, -0.2) is 0 Å². The maximum absolute atomic E-state index is 9.38. The van der Waals surface area contributed by atoms with Crippen LogP contribution in [-0.2, 0) is 9.47 Å². The topological polar surface area (TPSA) is 79.2 Å². The molecule has 1 fully saturated rings. The highest BCUT2D eigenvalue weighted by molar-refractivity contribution is 7.80. The Morgan fingerprint density at radius 2 is 1.85 bits per heavy atom. The van der Waals surface area contributed by atoms with Gasteiger partial charge in [0.1, 0.15) is 18.3 Å². The van der Waals surface area contributed by atoms with Crippen molar-refractivity contribution in [2.24, 2.45) is 0 Å². The highest BCUT2D eigenvalue weighted by Gasteiger charge is 2.43. The summed E-state index contributed by atoms with van der Waals surface area (Å²) in [6, 6.07) is 0. The van der Waals surface area contributed by atoms with Crippen LogP contribution in [0.15, 0.2) is 0 Å². The summed E-state index contributed by atoms with van der Waals surface area (Å²) in [7, 11) is 1.36. The Morgan fingerprint density at radius 3 is 2.31 bits per heavy atom. The third-order valence-corrected chi connectivity index (χ3v) is 2.44. The molecule has 0 saturated carbocycles. The largest absolute Gasteiger partial charge is 0.388 e. The van der Waals surface area contributed by atoms with E-state index in [0.717, 1.165) is 0 Å². The molecular weight excluding hydrogens is 196 g/mol. The molecule has 0 aromatic heterocycles. The van der Waals surface area contributed by atoms with Crippen LogP contribution in [0.5, 0.6) is 0 Å². The summed E-state index contributed by atoms with van der Waals surface area (Å²) in [4.78, 5) is 0. The average Bonchev–Trinajstić information content (AvgIpc) is 2.15. The van der Waals surface area contributed by atoms with Crippen molar-refractivity contribution in [1.29, 1.82) is 0 Å². The molecule has 1 saturated heterocycles. The normalized spacial score (nSPS) is 46.4. The van der Waals surface area contributed by atoms with Crippen LogP contribution in [0.4, 0.5) is 0 Å². The maximum Gasteiger partial charge on any atom is 0.186 e. The summed E-state index contributed by atoms with van der Waals surface area (Å²) in [6.07, 6.45) is -5.13. The summed E-state index contributed by atoms with van der Waals surface area (Å²) >= 11 is 3.94. The second-order valence-corrected chi connectivity index (χ2v) is 3.30. The predicted molar refractivity (Wildman–Crippen MR) is 47.5 cm³/mol. The molecule has 0 spiro atoms. The van der Waals surface area contributed by atoms with Crippen molar-refractivity contribution >= 4 is 12.6 Å². The van der Waals surface area contributed by atoms with Crippen molar-refractivity contribution in [3.63, 3.8) is 0 Å². The van der Waals surface area contributed by atoms with Crippen LogP contribution in [-0.4, -0.2) is 58.9 Å². The van der Waals surface area contributed by atoms with E-state index < -0.39 is 30.7 Å². The number of ether oxygens (including phenoxy) is 2. The van der Waals surface area contributed by atoms with Gasteiger partial charge in [0, 0.05) is 12.9 Å². The monoisotopic (exact) mass is 210 g/mol. The molecule has 0 bridgehead atoms. The van der Waals surface area contributed by atoms with Crippen molar-refractivity contribution in [2.45, 2.75) is 30.7 Å². The van der Waals surface area contributed by atoms with Gasteiger partial charge in [0.2, 0.25) is 0 Å². The lowest BCUT2D eigenvalue weighted by molar-refractivity contribution is -0.284. The molecular formula is C7H14O5S. The highest BCUT2D eigenvalue weighted by Crippen LogP contribution is 2.21. The molecule has 1 heterocycles. The first kappa shape index (κ1) is 11.2. The van der Waals surface area contributed by atoms with Gasteiger partial charge in [-0.15, -0.1) is 0 Å². The predicted octanol–water partition coefficient (Wildman–Crippen LogP) is -1.63. The van der Waals surface area contributed by atoms with E-state index in [2.05, 4.69) is 12.6 Å². The van der Waals surface area contributed by atoms with E-state index in [1.54, 1.807) is 0 Å². The van der Waals surface area contributed by atoms with Gasteiger partial charge in [-0.05, 0) is 0 Å². The van der Waals surface area contributed by atoms with E-state index >= 15 is 0 Å². The van der Waals surface area contributed by atoms with Crippen LogP contribution in [0.1, 0.15) is 0 Å². The standard InChI is InChI=1S/C7H14O5S/c1-11-7-6(10)5(9)4(8)3(2-13)12-7/h3-10,13H,2H2,1H3/t3?,4-,5-,6?,7+/m0/s1. The van der Waals surface area contributed by atoms with Gasteiger partial charge in [0.05, 0.1) is 6.10 Å². The molecule has 5 nitrogen and oxygen atoms in total. The SMILES string of the molecule is CO[C@@H]1OC(CS)[C@H](O)[C@H](O)C1O. The van der Waals surface area contributed by atoms with E-state index in [1.807, 2.05) is 0 Å².